The van der Waals surface area contributed by atoms with Crippen LogP contribution in [0, 0.1) is 11.8 Å². The fraction of sp³-hybridized carbons (Fsp3) is 0.933. The van der Waals surface area contributed by atoms with Crippen molar-refractivity contribution >= 4 is 5.91 Å². The van der Waals surface area contributed by atoms with Crippen molar-refractivity contribution in [2.75, 3.05) is 13.6 Å². The van der Waals surface area contributed by atoms with E-state index in [1.165, 1.54) is 19.3 Å². The highest BCUT2D eigenvalue weighted by Gasteiger charge is 2.44. The smallest absolute Gasteiger partial charge is 0.240 e. The van der Waals surface area contributed by atoms with Crippen LogP contribution in [-0.4, -0.2) is 47.7 Å². The Morgan fingerprint density at radius 3 is 2.74 bits per heavy atom. The van der Waals surface area contributed by atoms with Gasteiger partial charge in [0.05, 0.1) is 18.2 Å². The van der Waals surface area contributed by atoms with Crippen molar-refractivity contribution in [2.24, 2.45) is 11.8 Å². The highest BCUT2D eigenvalue weighted by Crippen LogP contribution is 2.38. The zero-order chi connectivity index (χ0) is 13.4. The molecule has 19 heavy (non-hydrogen) atoms. The van der Waals surface area contributed by atoms with Gasteiger partial charge in [0.1, 0.15) is 0 Å². The highest BCUT2D eigenvalue weighted by atomic mass is 16.3. The Kier molecular flexibility index (Phi) is 3.81. The quantitative estimate of drug-likeness (QED) is 0.788. The Hall–Kier alpha value is -0.610. The lowest BCUT2D eigenvalue weighted by atomic mass is 9.89. The molecule has 1 saturated heterocycles. The number of likely N-dealkylation sites (N-methyl/N-ethyl adjacent to an activating group) is 1. The summed E-state index contributed by atoms with van der Waals surface area (Å²) in [6, 6.07) is 0.0372. The molecule has 2 N–H and O–H groups in total. The molecule has 0 aromatic rings. The van der Waals surface area contributed by atoms with E-state index in [0.717, 1.165) is 32.2 Å². The summed E-state index contributed by atoms with van der Waals surface area (Å²) in [4.78, 5) is 14.5. The number of nitrogens with zero attached hydrogens (tertiary/aromatic N) is 1. The van der Waals surface area contributed by atoms with E-state index in [2.05, 4.69) is 5.32 Å². The van der Waals surface area contributed by atoms with Gasteiger partial charge in [-0.05, 0) is 44.1 Å². The predicted octanol–water partition coefficient (Wildman–Crippen LogP) is 1.14. The van der Waals surface area contributed by atoms with E-state index in [9.17, 15) is 9.90 Å². The average Bonchev–Trinajstić information content (AvgIpc) is 3.00. The summed E-state index contributed by atoms with van der Waals surface area (Å²) in [6.45, 7) is 1.00. The van der Waals surface area contributed by atoms with Gasteiger partial charge in [-0.25, -0.2) is 0 Å². The summed E-state index contributed by atoms with van der Waals surface area (Å²) >= 11 is 0. The molecule has 0 spiro atoms. The molecule has 108 valence electrons. The molecule has 1 amide bonds. The number of carbonyl (C=O) groups excluding carboxylic acids is 1. The molecule has 0 aromatic heterocycles. The van der Waals surface area contributed by atoms with Gasteiger partial charge < -0.3 is 15.3 Å². The molecule has 3 aliphatic rings. The Morgan fingerprint density at radius 2 is 1.95 bits per heavy atom. The zero-order valence-electron chi connectivity index (χ0n) is 11.8. The summed E-state index contributed by atoms with van der Waals surface area (Å²) < 4.78 is 0. The number of carbonyl (C=O) groups is 1. The van der Waals surface area contributed by atoms with E-state index in [4.69, 9.17) is 0 Å². The van der Waals surface area contributed by atoms with E-state index < -0.39 is 0 Å². The first-order valence-corrected chi connectivity index (χ1v) is 7.86. The second-order valence-corrected chi connectivity index (χ2v) is 6.61. The maximum atomic E-state index is 12.7. The number of hydrogen-bond acceptors (Lipinski definition) is 3. The largest absolute Gasteiger partial charge is 0.391 e. The molecule has 1 heterocycles. The zero-order valence-corrected chi connectivity index (χ0v) is 11.8. The van der Waals surface area contributed by atoms with Gasteiger partial charge in [0.15, 0.2) is 0 Å². The lowest BCUT2D eigenvalue weighted by molar-refractivity contribution is -0.138. The SMILES string of the molecule is CN(C(=O)C1NCC2CCCC21)C1CCCCC1O. The molecule has 0 aromatic carbocycles. The van der Waals surface area contributed by atoms with Gasteiger partial charge >= 0.3 is 0 Å². The normalized spacial score (nSPS) is 42.1. The summed E-state index contributed by atoms with van der Waals surface area (Å²) in [5.74, 6) is 1.45. The molecular formula is C15H26N2O2. The Morgan fingerprint density at radius 1 is 1.16 bits per heavy atom. The third-order valence-corrected chi connectivity index (χ3v) is 5.55. The first-order chi connectivity index (χ1) is 9.18. The first-order valence-electron chi connectivity index (χ1n) is 7.86. The van der Waals surface area contributed by atoms with Crippen LogP contribution in [0.5, 0.6) is 0 Å². The first kappa shape index (κ1) is 13.4. The van der Waals surface area contributed by atoms with Gasteiger partial charge in [0.25, 0.3) is 0 Å². The maximum absolute atomic E-state index is 12.7. The van der Waals surface area contributed by atoms with E-state index in [1.807, 2.05) is 11.9 Å². The number of rotatable bonds is 2. The molecule has 1 aliphatic heterocycles. The summed E-state index contributed by atoms with van der Waals surface area (Å²) in [6.07, 6.45) is 7.42. The number of aliphatic hydroxyl groups is 1. The van der Waals surface area contributed by atoms with Crippen LogP contribution in [0.4, 0.5) is 0 Å². The minimum absolute atomic E-state index is 0.00614. The monoisotopic (exact) mass is 266 g/mol. The molecule has 3 fully saturated rings. The van der Waals surface area contributed by atoms with Crippen LogP contribution in [-0.2, 0) is 4.79 Å². The average molecular weight is 266 g/mol. The standard InChI is InChI=1S/C15H26N2O2/c1-17(12-7-2-3-8-13(12)18)15(19)14-11-6-4-5-10(11)9-16-14/h10-14,16,18H,2-9H2,1H3. The maximum Gasteiger partial charge on any atom is 0.240 e. The third kappa shape index (κ3) is 2.40. The van der Waals surface area contributed by atoms with Gasteiger partial charge in [-0.15, -0.1) is 0 Å². The summed E-state index contributed by atoms with van der Waals surface area (Å²) in [5.41, 5.74) is 0. The van der Waals surface area contributed by atoms with Gasteiger partial charge in [-0.3, -0.25) is 4.79 Å². The van der Waals surface area contributed by atoms with Crippen LogP contribution in [0.3, 0.4) is 0 Å². The Balaban J connectivity index is 1.66. The van der Waals surface area contributed by atoms with Crippen LogP contribution >= 0.6 is 0 Å². The molecule has 3 rings (SSSR count). The van der Waals surface area contributed by atoms with E-state index >= 15 is 0 Å². The van der Waals surface area contributed by atoms with Gasteiger partial charge in [0.2, 0.25) is 5.91 Å². The highest BCUT2D eigenvalue weighted by molar-refractivity contribution is 5.83. The van der Waals surface area contributed by atoms with Crippen LogP contribution < -0.4 is 5.32 Å². The van der Waals surface area contributed by atoms with Crippen molar-refractivity contribution in [3.8, 4) is 0 Å². The molecule has 4 nitrogen and oxygen atoms in total. The molecule has 5 unspecified atom stereocenters. The summed E-state index contributed by atoms with van der Waals surface area (Å²) in [7, 11) is 1.88. The fourth-order valence-corrected chi connectivity index (χ4v) is 4.38. The second kappa shape index (κ2) is 5.41. The fourth-order valence-electron chi connectivity index (χ4n) is 4.38. The number of amides is 1. The number of hydrogen-bond donors (Lipinski definition) is 2. The van der Waals surface area contributed by atoms with E-state index in [-0.39, 0.29) is 24.1 Å². The van der Waals surface area contributed by atoms with Crippen LogP contribution in [0.1, 0.15) is 44.9 Å². The van der Waals surface area contributed by atoms with Gasteiger partial charge in [0, 0.05) is 7.05 Å². The van der Waals surface area contributed by atoms with Crippen LogP contribution in [0.15, 0.2) is 0 Å². The molecule has 0 bridgehead atoms. The minimum atomic E-state index is -0.330. The van der Waals surface area contributed by atoms with E-state index in [0.29, 0.717) is 11.8 Å². The Bertz CT molecular complexity index is 347. The number of fused-ring (bicyclic) bond motifs is 1. The van der Waals surface area contributed by atoms with Crippen LogP contribution in [0.25, 0.3) is 0 Å². The predicted molar refractivity (Wildman–Crippen MR) is 73.7 cm³/mol. The topological polar surface area (TPSA) is 52.6 Å². The second-order valence-electron chi connectivity index (χ2n) is 6.61. The number of aliphatic hydroxyl groups excluding tert-OH is 1. The van der Waals surface area contributed by atoms with Crippen molar-refractivity contribution < 1.29 is 9.90 Å². The lowest BCUT2D eigenvalue weighted by Gasteiger charge is -2.37. The van der Waals surface area contributed by atoms with Gasteiger partial charge in [-0.1, -0.05) is 19.3 Å². The summed E-state index contributed by atoms with van der Waals surface area (Å²) in [5, 5.41) is 13.5. The van der Waals surface area contributed by atoms with Crippen molar-refractivity contribution in [2.45, 2.75) is 63.1 Å². The number of nitrogens with one attached hydrogen (secondary N) is 1. The molecular weight excluding hydrogens is 240 g/mol. The molecule has 2 aliphatic carbocycles. The van der Waals surface area contributed by atoms with Crippen molar-refractivity contribution in [1.29, 1.82) is 0 Å². The molecule has 0 radical (unpaired) electrons. The van der Waals surface area contributed by atoms with Crippen molar-refractivity contribution in [3.63, 3.8) is 0 Å². The van der Waals surface area contributed by atoms with Crippen molar-refractivity contribution in [3.05, 3.63) is 0 Å². The third-order valence-electron chi connectivity index (χ3n) is 5.55. The van der Waals surface area contributed by atoms with E-state index in [1.54, 1.807) is 0 Å². The van der Waals surface area contributed by atoms with Crippen LogP contribution in [0.2, 0.25) is 0 Å². The van der Waals surface area contributed by atoms with Gasteiger partial charge in [-0.2, -0.15) is 0 Å². The minimum Gasteiger partial charge on any atom is -0.391 e. The molecule has 4 heteroatoms. The molecule has 2 saturated carbocycles. The van der Waals surface area contributed by atoms with Crippen molar-refractivity contribution in [1.82, 2.24) is 10.2 Å². The lowest BCUT2D eigenvalue weighted by Crippen LogP contribution is -2.52. The molecule has 5 atom stereocenters. The Labute approximate surface area is 115 Å².